The maximum absolute atomic E-state index is 13.1. The number of fused-ring (bicyclic) bond motifs is 2. The van der Waals surface area contributed by atoms with Gasteiger partial charge in [-0.1, -0.05) is 0 Å². The van der Waals surface area contributed by atoms with E-state index in [-0.39, 0.29) is 16.0 Å². The Kier molecular flexibility index (Phi) is 4.39. The number of carbonyl (C=O) groups excluding carboxylic acids is 2. The van der Waals surface area contributed by atoms with E-state index in [1.54, 1.807) is 0 Å². The molecule has 0 atom stereocenters. The number of carbonyl (C=O) groups is 2. The van der Waals surface area contributed by atoms with Gasteiger partial charge in [0.1, 0.15) is 22.6 Å². The lowest BCUT2D eigenvalue weighted by Gasteiger charge is -2.21. The summed E-state index contributed by atoms with van der Waals surface area (Å²) in [5.74, 6) is -2.10. The van der Waals surface area contributed by atoms with Crippen molar-refractivity contribution in [2.45, 2.75) is 0 Å². The summed E-state index contributed by atoms with van der Waals surface area (Å²) >= 11 is 3.07. The molecule has 0 heterocycles. The van der Waals surface area contributed by atoms with Crippen LogP contribution in [0, 0.1) is 20.2 Å². The van der Waals surface area contributed by atoms with Crippen LogP contribution in [0.2, 0.25) is 0 Å². The monoisotopic (exact) mass is 436 g/mol. The van der Waals surface area contributed by atoms with Gasteiger partial charge in [0.15, 0.2) is 0 Å². The fraction of sp³-hybridized carbons (Fsp3) is 0.125. The Morgan fingerprint density at radius 2 is 1.41 bits per heavy atom. The molecule has 10 nitrogen and oxygen atoms in total. The van der Waals surface area contributed by atoms with Gasteiger partial charge in [-0.05, 0) is 22.0 Å². The molecule has 0 N–H and O–H groups in total. The smallest absolute Gasteiger partial charge is 0.282 e. The zero-order chi connectivity index (χ0) is 20.0. The van der Waals surface area contributed by atoms with Crippen LogP contribution in [0.3, 0.4) is 0 Å². The molecule has 0 amide bonds. The van der Waals surface area contributed by atoms with E-state index >= 15 is 0 Å². The number of hydrogen-bond acceptors (Lipinski definition) is 8. The molecule has 1 aliphatic carbocycles. The van der Waals surface area contributed by atoms with Crippen LogP contribution < -0.4 is 9.47 Å². The average Bonchev–Trinajstić information content (AvgIpc) is 2.63. The molecule has 1 aliphatic rings. The molecule has 2 aromatic rings. The third kappa shape index (κ3) is 2.54. The van der Waals surface area contributed by atoms with Crippen molar-refractivity contribution in [3.05, 3.63) is 65.2 Å². The first-order valence-electron chi connectivity index (χ1n) is 7.24. The lowest BCUT2D eigenvalue weighted by Crippen LogP contribution is -2.25. The molecule has 0 aliphatic heterocycles. The molecule has 0 bridgehead atoms. The van der Waals surface area contributed by atoms with Gasteiger partial charge in [0.2, 0.25) is 11.6 Å². The zero-order valence-corrected chi connectivity index (χ0v) is 15.4. The fourth-order valence-electron chi connectivity index (χ4n) is 3.01. The first-order chi connectivity index (χ1) is 12.7. The summed E-state index contributed by atoms with van der Waals surface area (Å²) in [5.41, 5.74) is -3.04. The van der Waals surface area contributed by atoms with Gasteiger partial charge in [-0.2, -0.15) is 0 Å². The van der Waals surface area contributed by atoms with Gasteiger partial charge in [-0.25, -0.2) is 0 Å². The van der Waals surface area contributed by atoms with Crippen LogP contribution in [0.15, 0.2) is 22.7 Å². The number of ether oxygens (including phenoxy) is 2. The molecule has 0 fully saturated rings. The van der Waals surface area contributed by atoms with E-state index in [1.807, 2.05) is 0 Å². The van der Waals surface area contributed by atoms with E-state index in [0.29, 0.717) is 0 Å². The first kappa shape index (κ1) is 18.5. The second-order valence-electron chi connectivity index (χ2n) is 5.37. The van der Waals surface area contributed by atoms with Gasteiger partial charge < -0.3 is 9.47 Å². The number of hydrogen-bond donors (Lipinski definition) is 0. The van der Waals surface area contributed by atoms with Crippen molar-refractivity contribution >= 4 is 38.9 Å². The van der Waals surface area contributed by atoms with Crippen LogP contribution in [0.5, 0.6) is 11.5 Å². The molecule has 0 saturated carbocycles. The van der Waals surface area contributed by atoms with Crippen LogP contribution in [0.4, 0.5) is 11.4 Å². The largest absolute Gasteiger partial charge is 0.496 e. The second-order valence-corrected chi connectivity index (χ2v) is 6.22. The van der Waals surface area contributed by atoms with Crippen LogP contribution in [-0.4, -0.2) is 35.6 Å². The van der Waals surface area contributed by atoms with Crippen molar-refractivity contribution in [2.24, 2.45) is 0 Å². The Morgan fingerprint density at radius 3 is 1.93 bits per heavy atom. The Morgan fingerprint density at radius 1 is 0.852 bits per heavy atom. The number of halogens is 1. The normalized spacial score (nSPS) is 12.3. The lowest BCUT2D eigenvalue weighted by atomic mass is 9.81. The van der Waals surface area contributed by atoms with E-state index in [9.17, 15) is 29.8 Å². The summed E-state index contributed by atoms with van der Waals surface area (Å²) in [5, 5.41) is 22.8. The SMILES string of the molecule is COc1ccc([N+](=O)[O-])c2c1C(=O)c1c([N+](=O)[O-])cc(Br)c(OC)c1C2=O. The standard InChI is InChI=1S/C16H9BrN2O8/c1-26-9-4-3-7(18(22)23)10-12(9)14(20)11-8(19(24)25)5-6(17)16(27-2)13(11)15(10)21/h3-5H,1-2H3. The molecule has 0 radical (unpaired) electrons. The number of methoxy groups -OCH3 is 2. The molecule has 11 heteroatoms. The molecule has 0 aromatic heterocycles. The molecule has 0 spiro atoms. The minimum atomic E-state index is -0.938. The Bertz CT molecular complexity index is 1060. The third-order valence-corrected chi connectivity index (χ3v) is 4.67. The van der Waals surface area contributed by atoms with Gasteiger partial charge in [0.25, 0.3) is 11.4 Å². The molecule has 2 aromatic carbocycles. The predicted molar refractivity (Wildman–Crippen MR) is 93.9 cm³/mol. The lowest BCUT2D eigenvalue weighted by molar-refractivity contribution is -0.385. The van der Waals surface area contributed by atoms with Crippen molar-refractivity contribution in [1.29, 1.82) is 0 Å². The van der Waals surface area contributed by atoms with Gasteiger partial charge in [0, 0.05) is 12.1 Å². The second kappa shape index (κ2) is 6.43. The van der Waals surface area contributed by atoms with Gasteiger partial charge in [-0.15, -0.1) is 0 Å². The molecule has 27 heavy (non-hydrogen) atoms. The van der Waals surface area contributed by atoms with E-state index in [4.69, 9.17) is 9.47 Å². The summed E-state index contributed by atoms with van der Waals surface area (Å²) in [6, 6.07) is 3.24. The van der Waals surface area contributed by atoms with Gasteiger partial charge in [0.05, 0.1) is 39.7 Å². The average molecular weight is 437 g/mol. The summed E-state index contributed by atoms with van der Waals surface area (Å²) in [4.78, 5) is 47.4. The Hall–Kier alpha value is -3.34. The minimum absolute atomic E-state index is 0.0607. The van der Waals surface area contributed by atoms with Crippen molar-refractivity contribution in [3.8, 4) is 11.5 Å². The number of rotatable bonds is 4. The summed E-state index contributed by atoms with van der Waals surface area (Å²) < 4.78 is 10.2. The molecule has 0 unspecified atom stereocenters. The molecule has 0 saturated heterocycles. The number of ketones is 2. The highest BCUT2D eigenvalue weighted by atomic mass is 79.9. The highest BCUT2D eigenvalue weighted by molar-refractivity contribution is 9.10. The minimum Gasteiger partial charge on any atom is -0.496 e. The van der Waals surface area contributed by atoms with E-state index in [1.165, 1.54) is 14.2 Å². The number of nitro groups is 2. The van der Waals surface area contributed by atoms with Crippen molar-refractivity contribution in [2.75, 3.05) is 14.2 Å². The van der Waals surface area contributed by atoms with Crippen LogP contribution in [0.1, 0.15) is 31.8 Å². The molecule has 3 rings (SSSR count). The third-order valence-electron chi connectivity index (χ3n) is 4.08. The van der Waals surface area contributed by atoms with Gasteiger partial charge >= 0.3 is 0 Å². The first-order valence-corrected chi connectivity index (χ1v) is 8.03. The summed E-state index contributed by atoms with van der Waals surface area (Å²) in [7, 11) is 2.42. The highest BCUT2D eigenvalue weighted by Gasteiger charge is 2.44. The molecular formula is C16H9BrN2O8. The van der Waals surface area contributed by atoms with E-state index in [0.717, 1.165) is 18.2 Å². The van der Waals surface area contributed by atoms with E-state index < -0.39 is 55.0 Å². The number of benzene rings is 2. The van der Waals surface area contributed by atoms with E-state index in [2.05, 4.69) is 15.9 Å². The number of nitro benzene ring substituents is 2. The molecular weight excluding hydrogens is 428 g/mol. The zero-order valence-electron chi connectivity index (χ0n) is 13.8. The van der Waals surface area contributed by atoms with Crippen LogP contribution in [0.25, 0.3) is 0 Å². The predicted octanol–water partition coefficient (Wildman–Crippen LogP) is 3.06. The van der Waals surface area contributed by atoms with Crippen molar-refractivity contribution in [1.82, 2.24) is 0 Å². The topological polar surface area (TPSA) is 139 Å². The maximum atomic E-state index is 13.1. The highest BCUT2D eigenvalue weighted by Crippen LogP contribution is 2.46. The van der Waals surface area contributed by atoms with Crippen molar-refractivity contribution in [3.63, 3.8) is 0 Å². The Balaban J connectivity index is 2.52. The summed E-state index contributed by atoms with van der Waals surface area (Å²) in [6.45, 7) is 0. The number of nitrogens with zero attached hydrogens (tertiary/aromatic N) is 2. The maximum Gasteiger partial charge on any atom is 0.282 e. The van der Waals surface area contributed by atoms with Crippen LogP contribution in [-0.2, 0) is 0 Å². The molecule has 138 valence electrons. The quantitative estimate of drug-likeness (QED) is 0.448. The van der Waals surface area contributed by atoms with Crippen LogP contribution >= 0.6 is 15.9 Å². The van der Waals surface area contributed by atoms with Crippen molar-refractivity contribution < 1.29 is 28.9 Å². The van der Waals surface area contributed by atoms with Gasteiger partial charge in [-0.3, -0.25) is 29.8 Å². The fourth-order valence-corrected chi connectivity index (χ4v) is 3.59. The summed E-state index contributed by atoms with van der Waals surface area (Å²) in [6.07, 6.45) is 0. The Labute approximate surface area is 159 Å².